The van der Waals surface area contributed by atoms with Crippen LogP contribution in [0, 0.1) is 5.92 Å². The van der Waals surface area contributed by atoms with Crippen LogP contribution in [0.1, 0.15) is 59.8 Å². The Labute approximate surface area is 210 Å². The molecule has 3 N–H and O–H groups in total. The molecule has 3 heterocycles. The lowest BCUT2D eigenvalue weighted by molar-refractivity contribution is -0.135. The molecule has 2 saturated heterocycles. The van der Waals surface area contributed by atoms with Crippen molar-refractivity contribution in [3.05, 3.63) is 36.3 Å². The van der Waals surface area contributed by atoms with Crippen molar-refractivity contribution in [2.24, 2.45) is 5.92 Å². The summed E-state index contributed by atoms with van der Waals surface area (Å²) in [5, 5.41) is 11.4. The van der Waals surface area contributed by atoms with Crippen LogP contribution >= 0.6 is 0 Å². The van der Waals surface area contributed by atoms with Gasteiger partial charge >= 0.3 is 13.2 Å². The van der Waals surface area contributed by atoms with Crippen molar-refractivity contribution in [3.63, 3.8) is 0 Å². The molecule has 1 aromatic carbocycles. The first-order valence-electron chi connectivity index (χ1n) is 12.2. The van der Waals surface area contributed by atoms with E-state index in [0.717, 1.165) is 16.7 Å². The quantitative estimate of drug-likeness (QED) is 0.525. The van der Waals surface area contributed by atoms with E-state index in [-0.39, 0.29) is 18.9 Å². The lowest BCUT2D eigenvalue weighted by Gasteiger charge is -2.32. The molecule has 3 atom stereocenters. The highest BCUT2D eigenvalue weighted by molar-refractivity contribution is 6.62. The SMILES string of the molecule is CC(C)[C@H](NC(=O)O)C(=O)N1C[C@H](F)C[C@H]1c1ncc(-c2ccc(B3OC(C)(C)C(C)(C)O3)cc2)[nH]1. The number of aromatic amines is 1. The van der Waals surface area contributed by atoms with Gasteiger partial charge in [0.2, 0.25) is 5.91 Å². The van der Waals surface area contributed by atoms with Crippen LogP contribution in [0.3, 0.4) is 0 Å². The third kappa shape index (κ3) is 4.99. The smallest absolute Gasteiger partial charge is 0.465 e. The van der Waals surface area contributed by atoms with Gasteiger partial charge in [-0.15, -0.1) is 0 Å². The Morgan fingerprint density at radius 2 is 1.81 bits per heavy atom. The largest absolute Gasteiger partial charge is 0.494 e. The molecule has 0 saturated carbocycles. The number of hydrogen-bond donors (Lipinski definition) is 3. The number of benzene rings is 1. The van der Waals surface area contributed by atoms with Gasteiger partial charge in [-0.1, -0.05) is 38.1 Å². The van der Waals surface area contributed by atoms with E-state index >= 15 is 0 Å². The van der Waals surface area contributed by atoms with Gasteiger partial charge in [-0.2, -0.15) is 0 Å². The van der Waals surface area contributed by atoms with Gasteiger partial charge in [-0.25, -0.2) is 14.2 Å². The molecule has 194 valence electrons. The molecule has 36 heavy (non-hydrogen) atoms. The van der Waals surface area contributed by atoms with Gasteiger partial charge in [0.25, 0.3) is 0 Å². The molecule has 11 heteroatoms. The number of alkyl halides is 1. The monoisotopic (exact) mass is 500 g/mol. The number of carbonyl (C=O) groups excluding carboxylic acids is 1. The minimum absolute atomic E-state index is 0.0947. The maximum atomic E-state index is 14.4. The van der Waals surface area contributed by atoms with E-state index in [9.17, 15) is 14.0 Å². The lowest BCUT2D eigenvalue weighted by atomic mass is 9.79. The van der Waals surface area contributed by atoms with Crippen LogP contribution in [0.15, 0.2) is 30.5 Å². The molecule has 0 radical (unpaired) electrons. The molecule has 9 nitrogen and oxygen atoms in total. The summed E-state index contributed by atoms with van der Waals surface area (Å²) < 4.78 is 26.7. The van der Waals surface area contributed by atoms with Gasteiger partial charge in [-0.3, -0.25) is 4.79 Å². The summed E-state index contributed by atoms with van der Waals surface area (Å²) in [6.07, 6.45) is -0.761. The number of carboxylic acid groups (broad SMARTS) is 1. The van der Waals surface area contributed by atoms with E-state index in [2.05, 4.69) is 15.3 Å². The second-order valence-electron chi connectivity index (χ2n) is 10.9. The van der Waals surface area contributed by atoms with Gasteiger partial charge in [-0.05, 0) is 44.6 Å². The van der Waals surface area contributed by atoms with E-state index in [4.69, 9.17) is 14.4 Å². The molecule has 2 aliphatic rings. The number of amides is 2. The first-order valence-corrected chi connectivity index (χ1v) is 12.2. The molecule has 2 fully saturated rings. The van der Waals surface area contributed by atoms with E-state index in [1.165, 1.54) is 4.90 Å². The molecule has 1 aromatic heterocycles. The molecule has 0 spiro atoms. The zero-order chi connectivity index (χ0) is 26.4. The van der Waals surface area contributed by atoms with Gasteiger partial charge in [0.05, 0.1) is 35.7 Å². The maximum Gasteiger partial charge on any atom is 0.494 e. The Bertz CT molecular complexity index is 1100. The fourth-order valence-corrected chi connectivity index (χ4v) is 4.56. The van der Waals surface area contributed by atoms with Crippen molar-refractivity contribution in [2.45, 2.75) is 77.4 Å². The summed E-state index contributed by atoms with van der Waals surface area (Å²) in [7, 11) is -0.464. The Kier molecular flexibility index (Phi) is 6.91. The fourth-order valence-electron chi connectivity index (χ4n) is 4.56. The summed E-state index contributed by atoms with van der Waals surface area (Å²) in [6, 6.07) is 6.16. The Morgan fingerprint density at radius 3 is 2.36 bits per heavy atom. The van der Waals surface area contributed by atoms with Crippen molar-refractivity contribution in [3.8, 4) is 11.3 Å². The lowest BCUT2D eigenvalue weighted by Crippen LogP contribution is -2.51. The normalized spacial score (nSPS) is 23.8. The van der Waals surface area contributed by atoms with Crippen LogP contribution < -0.4 is 10.8 Å². The van der Waals surface area contributed by atoms with Crippen LogP contribution in [-0.2, 0) is 14.1 Å². The Hall–Kier alpha value is -2.92. The molecule has 4 rings (SSSR count). The molecule has 0 bridgehead atoms. The number of imidazole rings is 1. The highest BCUT2D eigenvalue weighted by atomic mass is 19.1. The Balaban J connectivity index is 1.51. The second-order valence-corrected chi connectivity index (χ2v) is 10.9. The number of aromatic nitrogens is 2. The third-order valence-corrected chi connectivity index (χ3v) is 7.40. The number of likely N-dealkylation sites (tertiary alicyclic amines) is 1. The van der Waals surface area contributed by atoms with Crippen LogP contribution in [-0.4, -0.2) is 69.1 Å². The van der Waals surface area contributed by atoms with Crippen LogP contribution in [0.5, 0.6) is 0 Å². The zero-order valence-electron chi connectivity index (χ0n) is 21.5. The predicted octanol–water partition coefficient (Wildman–Crippen LogP) is 3.28. The highest BCUT2D eigenvalue weighted by Crippen LogP contribution is 2.37. The van der Waals surface area contributed by atoms with E-state index in [0.29, 0.717) is 5.82 Å². The second kappa shape index (κ2) is 9.51. The van der Waals surface area contributed by atoms with Crippen molar-refractivity contribution in [2.75, 3.05) is 6.54 Å². The van der Waals surface area contributed by atoms with Crippen molar-refractivity contribution < 1.29 is 28.4 Å². The summed E-state index contributed by atoms with van der Waals surface area (Å²) in [6.45, 7) is 11.4. The van der Waals surface area contributed by atoms with Crippen molar-refractivity contribution >= 4 is 24.6 Å². The standard InChI is InChI=1S/C25H34BFN4O5/c1-14(2)20(30-23(33)34)22(32)31-13-17(27)11-19(31)21-28-12-18(29-21)15-7-9-16(10-8-15)26-35-24(3,4)25(5,6)36-26/h7-10,12,14,17,19-20,30H,11,13H2,1-6H3,(H,28,29)(H,33,34)/t17-,19+,20+/m1/s1. The van der Waals surface area contributed by atoms with E-state index < -0.39 is 48.6 Å². The summed E-state index contributed by atoms with van der Waals surface area (Å²) >= 11 is 0. The predicted molar refractivity (Wildman–Crippen MR) is 133 cm³/mol. The molecule has 2 aliphatic heterocycles. The number of rotatable bonds is 6. The van der Waals surface area contributed by atoms with Crippen molar-refractivity contribution in [1.29, 1.82) is 0 Å². The average Bonchev–Trinajstić information content (AvgIpc) is 3.47. The minimum Gasteiger partial charge on any atom is -0.465 e. The number of hydrogen-bond acceptors (Lipinski definition) is 5. The van der Waals surface area contributed by atoms with E-state index in [1.54, 1.807) is 20.0 Å². The molecule has 2 amide bonds. The van der Waals surface area contributed by atoms with Crippen molar-refractivity contribution in [1.82, 2.24) is 20.2 Å². The van der Waals surface area contributed by atoms with Crippen LogP contribution in [0.25, 0.3) is 11.3 Å². The summed E-state index contributed by atoms with van der Waals surface area (Å²) in [5.74, 6) is -0.281. The molecule has 2 aromatic rings. The fraction of sp³-hybridized carbons (Fsp3) is 0.560. The third-order valence-electron chi connectivity index (χ3n) is 7.40. The molecule has 0 aliphatic carbocycles. The summed E-state index contributed by atoms with van der Waals surface area (Å²) in [4.78, 5) is 33.4. The van der Waals surface area contributed by atoms with Gasteiger partial charge in [0, 0.05) is 6.42 Å². The van der Waals surface area contributed by atoms with Gasteiger partial charge in [0.1, 0.15) is 18.0 Å². The highest BCUT2D eigenvalue weighted by Gasteiger charge is 2.51. The number of carbonyl (C=O) groups is 2. The topological polar surface area (TPSA) is 117 Å². The maximum absolute atomic E-state index is 14.4. The first kappa shape index (κ1) is 26.2. The number of halogens is 1. The first-order chi connectivity index (χ1) is 16.8. The number of nitrogens with zero attached hydrogens (tertiary/aromatic N) is 2. The number of nitrogens with one attached hydrogen (secondary N) is 2. The zero-order valence-corrected chi connectivity index (χ0v) is 21.5. The average molecular weight is 500 g/mol. The molecular formula is C25H34BFN4O5. The molecule has 0 unspecified atom stereocenters. The van der Waals surface area contributed by atoms with Crippen LogP contribution in [0.2, 0.25) is 0 Å². The Morgan fingerprint density at radius 1 is 1.19 bits per heavy atom. The molecular weight excluding hydrogens is 466 g/mol. The van der Waals surface area contributed by atoms with Crippen LogP contribution in [0.4, 0.5) is 9.18 Å². The van der Waals surface area contributed by atoms with Gasteiger partial charge < -0.3 is 29.6 Å². The van der Waals surface area contributed by atoms with Gasteiger partial charge in [0.15, 0.2) is 0 Å². The number of H-pyrrole nitrogens is 1. The minimum atomic E-state index is -1.29. The van der Waals surface area contributed by atoms with E-state index in [1.807, 2.05) is 52.0 Å². The summed E-state index contributed by atoms with van der Waals surface area (Å²) in [5.41, 5.74) is 1.64.